The number of ether oxygens (including phenoxy) is 2. The van der Waals surface area contributed by atoms with Crippen LogP contribution < -0.4 is 15.4 Å². The van der Waals surface area contributed by atoms with Crippen LogP contribution in [0.3, 0.4) is 0 Å². The van der Waals surface area contributed by atoms with Gasteiger partial charge in [0.05, 0.1) is 7.11 Å². The molecule has 0 radical (unpaired) electrons. The summed E-state index contributed by atoms with van der Waals surface area (Å²) >= 11 is 0. The zero-order valence-electron chi connectivity index (χ0n) is 16.5. The third kappa shape index (κ3) is 4.80. The molecule has 0 fully saturated rings. The second kappa shape index (κ2) is 8.01. The molecule has 2 N–H and O–H groups in total. The fourth-order valence-corrected chi connectivity index (χ4v) is 3.31. The first-order valence-corrected chi connectivity index (χ1v) is 9.33. The van der Waals surface area contributed by atoms with Crippen molar-refractivity contribution in [2.24, 2.45) is 0 Å². The van der Waals surface area contributed by atoms with Gasteiger partial charge in [0.1, 0.15) is 11.4 Å². The molecule has 1 aliphatic rings. The Balaban J connectivity index is 1.77. The maximum atomic E-state index is 11.8. The molecule has 0 spiro atoms. The second-order valence-corrected chi connectivity index (χ2v) is 7.76. The van der Waals surface area contributed by atoms with Gasteiger partial charge in [0.25, 0.3) is 0 Å². The molecule has 1 aliphatic heterocycles. The number of methoxy groups -OCH3 is 1. The van der Waals surface area contributed by atoms with Crippen LogP contribution in [0.15, 0.2) is 36.4 Å². The molecule has 0 bridgehead atoms. The predicted molar refractivity (Wildman–Crippen MR) is 107 cm³/mol. The van der Waals surface area contributed by atoms with Crippen LogP contribution in [0.2, 0.25) is 0 Å². The maximum Gasteiger partial charge on any atom is 0.407 e. The number of rotatable bonds is 4. The Morgan fingerprint density at radius 1 is 1.15 bits per heavy atom. The molecule has 5 heteroatoms. The summed E-state index contributed by atoms with van der Waals surface area (Å²) in [5.74, 6) is 0.886. The molecule has 2 aromatic rings. The van der Waals surface area contributed by atoms with Crippen LogP contribution in [-0.2, 0) is 24.2 Å². The average molecular weight is 368 g/mol. The van der Waals surface area contributed by atoms with Crippen molar-refractivity contribution >= 4 is 6.09 Å². The van der Waals surface area contributed by atoms with E-state index in [0.29, 0.717) is 6.54 Å². The highest BCUT2D eigenvalue weighted by molar-refractivity contribution is 5.76. The number of hydrogen-bond acceptors (Lipinski definition) is 4. The Kier molecular flexibility index (Phi) is 5.71. The zero-order chi connectivity index (χ0) is 19.4. The highest BCUT2D eigenvalue weighted by Gasteiger charge is 2.18. The summed E-state index contributed by atoms with van der Waals surface area (Å²) in [6, 6.07) is 12.4. The summed E-state index contributed by atoms with van der Waals surface area (Å²) in [7, 11) is 1.71. The van der Waals surface area contributed by atoms with E-state index in [0.717, 1.165) is 42.0 Å². The third-order valence-corrected chi connectivity index (χ3v) is 4.54. The summed E-state index contributed by atoms with van der Waals surface area (Å²) in [6.45, 7) is 7.84. The van der Waals surface area contributed by atoms with Gasteiger partial charge in [-0.25, -0.2) is 4.79 Å². The van der Waals surface area contributed by atoms with Gasteiger partial charge in [0.2, 0.25) is 0 Å². The number of fused-ring (bicyclic) bond motifs is 1. The van der Waals surface area contributed by atoms with Crippen molar-refractivity contribution < 1.29 is 14.3 Å². The molecule has 0 atom stereocenters. The lowest BCUT2D eigenvalue weighted by atomic mass is 9.90. The number of amides is 1. The van der Waals surface area contributed by atoms with E-state index >= 15 is 0 Å². The summed E-state index contributed by atoms with van der Waals surface area (Å²) in [5, 5.41) is 6.24. The molecule has 5 nitrogen and oxygen atoms in total. The van der Waals surface area contributed by atoms with Gasteiger partial charge in [-0.1, -0.05) is 30.3 Å². The first-order valence-electron chi connectivity index (χ1n) is 9.33. The molecule has 1 amide bonds. The van der Waals surface area contributed by atoms with Crippen molar-refractivity contribution in [1.29, 1.82) is 0 Å². The van der Waals surface area contributed by atoms with Gasteiger partial charge in [-0.3, -0.25) is 0 Å². The van der Waals surface area contributed by atoms with Crippen molar-refractivity contribution in [3.8, 4) is 16.9 Å². The van der Waals surface area contributed by atoms with Crippen molar-refractivity contribution in [3.05, 3.63) is 53.1 Å². The van der Waals surface area contributed by atoms with Crippen LogP contribution in [0, 0.1) is 0 Å². The standard InChI is InChI=1S/C22H28N2O3/c1-22(2,3)27-21(25)24-13-15-5-7-17(8-6-15)20-18-14-23-12-11-16(18)9-10-19(20)26-4/h5-10,23H,11-14H2,1-4H3,(H,24,25). The van der Waals surface area contributed by atoms with Gasteiger partial charge in [-0.15, -0.1) is 0 Å². The summed E-state index contributed by atoms with van der Waals surface area (Å²) < 4.78 is 10.9. The lowest BCUT2D eigenvalue weighted by molar-refractivity contribution is 0.0523. The molecular formula is C22H28N2O3. The van der Waals surface area contributed by atoms with Gasteiger partial charge >= 0.3 is 6.09 Å². The van der Waals surface area contributed by atoms with Crippen LogP contribution in [0.5, 0.6) is 5.75 Å². The molecule has 0 saturated carbocycles. The van der Waals surface area contributed by atoms with Gasteiger partial charge in [0.15, 0.2) is 0 Å². The van der Waals surface area contributed by atoms with E-state index in [9.17, 15) is 4.79 Å². The Bertz CT molecular complexity index is 808. The minimum Gasteiger partial charge on any atom is -0.496 e. The molecule has 0 saturated heterocycles. The summed E-state index contributed by atoms with van der Waals surface area (Å²) in [4.78, 5) is 11.8. The predicted octanol–water partition coefficient (Wildman–Crippen LogP) is 4.03. The first kappa shape index (κ1) is 19.2. The van der Waals surface area contributed by atoms with Crippen LogP contribution in [0.25, 0.3) is 11.1 Å². The lowest BCUT2D eigenvalue weighted by Crippen LogP contribution is -2.32. The van der Waals surface area contributed by atoms with Crippen molar-refractivity contribution in [2.75, 3.05) is 13.7 Å². The number of carbonyl (C=O) groups excluding carboxylic acids is 1. The highest BCUT2D eigenvalue weighted by Crippen LogP contribution is 2.36. The molecule has 27 heavy (non-hydrogen) atoms. The number of carbonyl (C=O) groups is 1. The average Bonchev–Trinajstić information content (AvgIpc) is 2.64. The Morgan fingerprint density at radius 3 is 2.56 bits per heavy atom. The van der Waals surface area contributed by atoms with E-state index in [2.05, 4.69) is 34.9 Å². The van der Waals surface area contributed by atoms with Gasteiger partial charge in [0, 0.05) is 18.7 Å². The number of hydrogen-bond donors (Lipinski definition) is 2. The number of nitrogens with one attached hydrogen (secondary N) is 2. The van der Waals surface area contributed by atoms with Crippen LogP contribution in [-0.4, -0.2) is 25.3 Å². The van der Waals surface area contributed by atoms with E-state index in [1.807, 2.05) is 32.9 Å². The molecule has 2 aromatic carbocycles. The van der Waals surface area contributed by atoms with E-state index in [-0.39, 0.29) is 0 Å². The van der Waals surface area contributed by atoms with Crippen molar-refractivity contribution in [1.82, 2.24) is 10.6 Å². The number of alkyl carbamates (subject to hydrolysis) is 1. The van der Waals surface area contributed by atoms with Crippen LogP contribution >= 0.6 is 0 Å². The van der Waals surface area contributed by atoms with E-state index in [1.54, 1.807) is 7.11 Å². The normalized spacial score (nSPS) is 13.6. The molecular weight excluding hydrogens is 340 g/mol. The second-order valence-electron chi connectivity index (χ2n) is 7.76. The number of benzene rings is 2. The summed E-state index contributed by atoms with van der Waals surface area (Å²) in [5.41, 5.74) is 5.47. The van der Waals surface area contributed by atoms with Gasteiger partial charge in [-0.2, -0.15) is 0 Å². The van der Waals surface area contributed by atoms with Crippen LogP contribution in [0.1, 0.15) is 37.5 Å². The maximum absolute atomic E-state index is 11.8. The Morgan fingerprint density at radius 2 is 1.89 bits per heavy atom. The largest absolute Gasteiger partial charge is 0.496 e. The molecule has 1 heterocycles. The van der Waals surface area contributed by atoms with Crippen LogP contribution in [0.4, 0.5) is 4.79 Å². The topological polar surface area (TPSA) is 59.6 Å². The molecule has 0 aliphatic carbocycles. The zero-order valence-corrected chi connectivity index (χ0v) is 16.5. The SMILES string of the molecule is COc1ccc2c(c1-c1ccc(CNC(=O)OC(C)(C)C)cc1)CNCC2. The third-order valence-electron chi connectivity index (χ3n) is 4.54. The lowest BCUT2D eigenvalue weighted by Gasteiger charge is -2.23. The molecule has 3 rings (SSSR count). The minimum atomic E-state index is -0.495. The quantitative estimate of drug-likeness (QED) is 0.855. The smallest absolute Gasteiger partial charge is 0.407 e. The molecule has 144 valence electrons. The van der Waals surface area contributed by atoms with Gasteiger partial charge in [-0.05, 0) is 62.1 Å². The van der Waals surface area contributed by atoms with E-state index in [4.69, 9.17) is 9.47 Å². The molecule has 0 unspecified atom stereocenters. The monoisotopic (exact) mass is 368 g/mol. The van der Waals surface area contributed by atoms with Crippen molar-refractivity contribution in [3.63, 3.8) is 0 Å². The Hall–Kier alpha value is -2.53. The van der Waals surface area contributed by atoms with Gasteiger partial charge < -0.3 is 20.1 Å². The van der Waals surface area contributed by atoms with E-state index < -0.39 is 11.7 Å². The van der Waals surface area contributed by atoms with Crippen molar-refractivity contribution in [2.45, 2.75) is 45.9 Å². The minimum absolute atomic E-state index is 0.406. The fourth-order valence-electron chi connectivity index (χ4n) is 3.31. The highest BCUT2D eigenvalue weighted by atomic mass is 16.6. The Labute approximate surface area is 161 Å². The molecule has 0 aromatic heterocycles. The first-order chi connectivity index (χ1) is 12.9. The van der Waals surface area contributed by atoms with E-state index in [1.165, 1.54) is 11.1 Å². The fraction of sp³-hybridized carbons (Fsp3) is 0.409. The summed E-state index contributed by atoms with van der Waals surface area (Å²) in [6.07, 6.45) is 0.626.